The number of hydrogen-bond donors (Lipinski definition) is 1. The highest BCUT2D eigenvalue weighted by molar-refractivity contribution is 5.79. The number of ether oxygens (including phenoxy) is 4. The first-order valence-electron chi connectivity index (χ1n) is 7.56. The van der Waals surface area contributed by atoms with Crippen molar-refractivity contribution in [3.05, 3.63) is 54.1 Å². The van der Waals surface area contributed by atoms with Gasteiger partial charge in [0.05, 0.1) is 27.0 Å². The van der Waals surface area contributed by atoms with Gasteiger partial charge in [0.2, 0.25) is 0 Å². The standard InChI is InChI=1S/C18H19NO5/c1-21-13-8-9-14(15(10-13)22-2)24-18(20)17-16(19-11-23-17)12-6-4-3-5-7-12/h3-10,16-17,19H,11H2,1-2H3. The Morgan fingerprint density at radius 2 is 1.88 bits per heavy atom. The number of methoxy groups -OCH3 is 2. The number of carbonyl (C=O) groups excluding carboxylic acids is 1. The molecule has 6 heteroatoms. The molecule has 2 aromatic carbocycles. The molecule has 0 radical (unpaired) electrons. The van der Waals surface area contributed by atoms with Crippen molar-refractivity contribution >= 4 is 5.97 Å². The summed E-state index contributed by atoms with van der Waals surface area (Å²) in [7, 11) is 3.06. The first-order chi connectivity index (χ1) is 11.7. The van der Waals surface area contributed by atoms with E-state index in [1.54, 1.807) is 25.3 Å². The van der Waals surface area contributed by atoms with Gasteiger partial charge in [-0.3, -0.25) is 5.32 Å². The highest BCUT2D eigenvalue weighted by atomic mass is 16.6. The van der Waals surface area contributed by atoms with Crippen molar-refractivity contribution in [1.29, 1.82) is 0 Å². The number of esters is 1. The molecule has 1 aliphatic rings. The molecule has 1 N–H and O–H groups in total. The number of rotatable bonds is 5. The monoisotopic (exact) mass is 329 g/mol. The minimum absolute atomic E-state index is 0.247. The molecule has 0 amide bonds. The molecule has 0 aliphatic carbocycles. The molecule has 126 valence electrons. The van der Waals surface area contributed by atoms with Crippen molar-refractivity contribution in [1.82, 2.24) is 5.32 Å². The maximum absolute atomic E-state index is 12.5. The summed E-state index contributed by atoms with van der Waals surface area (Å²) in [4.78, 5) is 12.5. The first-order valence-corrected chi connectivity index (χ1v) is 7.56. The lowest BCUT2D eigenvalue weighted by Gasteiger charge is -2.18. The molecule has 1 saturated heterocycles. The Kier molecular flexibility index (Phi) is 4.98. The van der Waals surface area contributed by atoms with Gasteiger partial charge in [0, 0.05) is 6.07 Å². The van der Waals surface area contributed by atoms with Gasteiger partial charge in [0.15, 0.2) is 17.6 Å². The van der Waals surface area contributed by atoms with Crippen LogP contribution in [-0.2, 0) is 9.53 Å². The predicted octanol–water partition coefficient (Wildman–Crippen LogP) is 2.30. The van der Waals surface area contributed by atoms with Crippen molar-refractivity contribution in [2.75, 3.05) is 21.0 Å². The Hall–Kier alpha value is -2.57. The molecule has 2 unspecified atom stereocenters. The number of benzene rings is 2. The van der Waals surface area contributed by atoms with E-state index >= 15 is 0 Å². The fraction of sp³-hybridized carbons (Fsp3) is 0.278. The minimum atomic E-state index is -0.723. The molecule has 1 fully saturated rings. The molecule has 0 saturated carbocycles. The molecule has 0 bridgehead atoms. The quantitative estimate of drug-likeness (QED) is 0.671. The molecular weight excluding hydrogens is 310 g/mol. The topological polar surface area (TPSA) is 66.0 Å². The van der Waals surface area contributed by atoms with Crippen molar-refractivity contribution in [3.8, 4) is 17.2 Å². The number of carbonyl (C=O) groups is 1. The normalized spacial score (nSPS) is 19.8. The summed E-state index contributed by atoms with van der Waals surface area (Å²) in [6.45, 7) is 0.291. The van der Waals surface area contributed by atoms with Crippen molar-refractivity contribution in [2.45, 2.75) is 12.1 Å². The Labute approximate surface area is 140 Å². The predicted molar refractivity (Wildman–Crippen MR) is 87.2 cm³/mol. The molecule has 1 heterocycles. The minimum Gasteiger partial charge on any atom is -0.497 e. The third kappa shape index (κ3) is 3.34. The smallest absolute Gasteiger partial charge is 0.342 e. The van der Waals surface area contributed by atoms with Crippen LogP contribution in [0.15, 0.2) is 48.5 Å². The van der Waals surface area contributed by atoms with E-state index in [-0.39, 0.29) is 6.04 Å². The summed E-state index contributed by atoms with van der Waals surface area (Å²) in [6, 6.07) is 14.4. The van der Waals surface area contributed by atoms with Crippen molar-refractivity contribution in [2.24, 2.45) is 0 Å². The summed E-state index contributed by atoms with van der Waals surface area (Å²) in [6.07, 6.45) is -0.723. The second-order valence-electron chi connectivity index (χ2n) is 5.26. The lowest BCUT2D eigenvalue weighted by atomic mass is 10.0. The Morgan fingerprint density at radius 3 is 2.58 bits per heavy atom. The largest absolute Gasteiger partial charge is 0.497 e. The van der Waals surface area contributed by atoms with Gasteiger partial charge in [-0.05, 0) is 17.7 Å². The SMILES string of the molecule is COc1ccc(OC(=O)C2OCNC2c2ccccc2)c(OC)c1. The molecular formula is C18H19NO5. The summed E-state index contributed by atoms with van der Waals surface area (Å²) in [5.41, 5.74) is 0.971. The van der Waals surface area contributed by atoms with Gasteiger partial charge in [0.25, 0.3) is 0 Å². The van der Waals surface area contributed by atoms with Crippen LogP contribution in [-0.4, -0.2) is 33.0 Å². The number of nitrogens with one attached hydrogen (secondary N) is 1. The maximum Gasteiger partial charge on any atom is 0.342 e. The Bertz CT molecular complexity index is 704. The highest BCUT2D eigenvalue weighted by Gasteiger charge is 2.36. The van der Waals surface area contributed by atoms with Gasteiger partial charge in [0.1, 0.15) is 5.75 Å². The Balaban J connectivity index is 1.77. The van der Waals surface area contributed by atoms with Gasteiger partial charge in [-0.2, -0.15) is 0 Å². The van der Waals surface area contributed by atoms with Gasteiger partial charge in [-0.1, -0.05) is 30.3 Å². The third-order valence-corrected chi connectivity index (χ3v) is 3.84. The van der Waals surface area contributed by atoms with Crippen molar-refractivity contribution < 1.29 is 23.7 Å². The fourth-order valence-corrected chi connectivity index (χ4v) is 2.61. The van der Waals surface area contributed by atoms with E-state index in [0.29, 0.717) is 24.0 Å². The lowest BCUT2D eigenvalue weighted by molar-refractivity contribution is -0.145. The second-order valence-corrected chi connectivity index (χ2v) is 5.26. The van der Waals surface area contributed by atoms with E-state index in [1.807, 2.05) is 30.3 Å². The van der Waals surface area contributed by atoms with Crippen LogP contribution in [0.2, 0.25) is 0 Å². The highest BCUT2D eigenvalue weighted by Crippen LogP contribution is 2.33. The van der Waals surface area contributed by atoms with Crippen LogP contribution in [0.4, 0.5) is 0 Å². The Morgan fingerprint density at radius 1 is 1.08 bits per heavy atom. The molecule has 0 aromatic heterocycles. The van der Waals surface area contributed by atoms with E-state index in [0.717, 1.165) is 5.56 Å². The van der Waals surface area contributed by atoms with Crippen LogP contribution in [0, 0.1) is 0 Å². The molecule has 0 spiro atoms. The summed E-state index contributed by atoms with van der Waals surface area (Å²) in [5.74, 6) is 0.889. The molecule has 2 atom stereocenters. The third-order valence-electron chi connectivity index (χ3n) is 3.84. The van der Waals surface area contributed by atoms with E-state index in [4.69, 9.17) is 18.9 Å². The zero-order valence-electron chi connectivity index (χ0n) is 13.5. The van der Waals surface area contributed by atoms with Gasteiger partial charge in [-0.25, -0.2) is 4.79 Å². The van der Waals surface area contributed by atoms with E-state index in [2.05, 4.69) is 5.32 Å². The fourth-order valence-electron chi connectivity index (χ4n) is 2.61. The molecule has 3 rings (SSSR count). The molecule has 6 nitrogen and oxygen atoms in total. The maximum atomic E-state index is 12.5. The van der Waals surface area contributed by atoms with Gasteiger partial charge < -0.3 is 18.9 Å². The van der Waals surface area contributed by atoms with Crippen LogP contribution in [0.1, 0.15) is 11.6 Å². The van der Waals surface area contributed by atoms with Gasteiger partial charge >= 0.3 is 5.97 Å². The average Bonchev–Trinajstić information content (AvgIpc) is 3.12. The molecule has 24 heavy (non-hydrogen) atoms. The summed E-state index contributed by atoms with van der Waals surface area (Å²) >= 11 is 0. The summed E-state index contributed by atoms with van der Waals surface area (Å²) < 4.78 is 21.4. The molecule has 1 aliphatic heterocycles. The van der Waals surface area contributed by atoms with E-state index in [1.165, 1.54) is 7.11 Å². The van der Waals surface area contributed by atoms with Crippen LogP contribution in [0.25, 0.3) is 0 Å². The summed E-state index contributed by atoms with van der Waals surface area (Å²) in [5, 5.41) is 3.16. The lowest BCUT2D eigenvalue weighted by Crippen LogP contribution is -2.32. The van der Waals surface area contributed by atoms with E-state index in [9.17, 15) is 4.79 Å². The van der Waals surface area contributed by atoms with Crippen LogP contribution >= 0.6 is 0 Å². The van der Waals surface area contributed by atoms with Gasteiger partial charge in [-0.15, -0.1) is 0 Å². The van der Waals surface area contributed by atoms with Crippen LogP contribution < -0.4 is 19.5 Å². The van der Waals surface area contributed by atoms with Crippen molar-refractivity contribution in [3.63, 3.8) is 0 Å². The average molecular weight is 329 g/mol. The van der Waals surface area contributed by atoms with Crippen LogP contribution in [0.3, 0.4) is 0 Å². The number of hydrogen-bond acceptors (Lipinski definition) is 6. The zero-order chi connectivity index (χ0) is 16.9. The molecule has 2 aromatic rings. The second kappa shape index (κ2) is 7.33. The van der Waals surface area contributed by atoms with E-state index < -0.39 is 12.1 Å². The van der Waals surface area contributed by atoms with Crippen LogP contribution in [0.5, 0.6) is 17.2 Å². The first kappa shape index (κ1) is 16.3. The zero-order valence-corrected chi connectivity index (χ0v) is 13.5.